The Morgan fingerprint density at radius 2 is 1.77 bits per heavy atom. The van der Waals surface area contributed by atoms with Crippen molar-refractivity contribution < 1.29 is 28.1 Å². The van der Waals surface area contributed by atoms with Gasteiger partial charge in [0.2, 0.25) is 5.88 Å². The van der Waals surface area contributed by atoms with E-state index in [9.17, 15) is 14.4 Å². The fourth-order valence-electron chi connectivity index (χ4n) is 4.32. The average Bonchev–Trinajstić information content (AvgIpc) is 2.96. The van der Waals surface area contributed by atoms with Gasteiger partial charge in [-0.05, 0) is 65.7 Å². The summed E-state index contributed by atoms with van der Waals surface area (Å²) in [4.78, 5) is 12.6. The molecule has 1 unspecified atom stereocenters. The molecule has 40 heavy (non-hydrogen) atoms. The molecule has 7 nitrogen and oxygen atoms in total. The van der Waals surface area contributed by atoms with Crippen molar-refractivity contribution in [1.29, 1.82) is 5.26 Å². The zero-order valence-corrected chi connectivity index (χ0v) is 21.9. The van der Waals surface area contributed by atoms with Crippen LogP contribution in [0.2, 0.25) is 5.02 Å². The Bertz CT molecular complexity index is 1650. The number of nitrogens with zero attached hydrogens (tertiary/aromatic N) is 1. The summed E-state index contributed by atoms with van der Waals surface area (Å²) in [6, 6.07) is 24.7. The lowest BCUT2D eigenvalue weighted by molar-refractivity contribution is 0.0734. The van der Waals surface area contributed by atoms with Gasteiger partial charge in [0.1, 0.15) is 35.6 Å². The third-order valence-corrected chi connectivity index (χ3v) is 6.56. The molecule has 1 atom stereocenters. The molecule has 0 radical (unpaired) electrons. The second-order valence-electron chi connectivity index (χ2n) is 8.85. The maximum atomic E-state index is 13.2. The van der Waals surface area contributed by atoms with Crippen molar-refractivity contribution in [3.05, 3.63) is 129 Å². The number of methoxy groups -OCH3 is 1. The van der Waals surface area contributed by atoms with Crippen molar-refractivity contribution in [3.63, 3.8) is 0 Å². The first-order valence-electron chi connectivity index (χ1n) is 12.1. The van der Waals surface area contributed by atoms with Crippen molar-refractivity contribution in [2.75, 3.05) is 7.11 Å². The number of carbonyl (C=O) groups excluding carboxylic acids is 1. The second kappa shape index (κ2) is 11.4. The molecule has 2 N–H and O–H groups in total. The fourth-order valence-corrected chi connectivity index (χ4v) is 4.44. The molecule has 4 aromatic rings. The molecule has 200 valence electrons. The van der Waals surface area contributed by atoms with Crippen LogP contribution in [0.15, 0.2) is 96.4 Å². The summed E-state index contributed by atoms with van der Waals surface area (Å²) in [5, 5.41) is 10.4. The monoisotopic (exact) mass is 556 g/mol. The van der Waals surface area contributed by atoms with Crippen molar-refractivity contribution in [1.82, 2.24) is 0 Å². The zero-order valence-electron chi connectivity index (χ0n) is 21.2. The van der Waals surface area contributed by atoms with Crippen LogP contribution in [0.1, 0.15) is 33.0 Å². The number of carbonyl (C=O) groups is 1. The Morgan fingerprint density at radius 1 is 1.02 bits per heavy atom. The molecule has 1 heterocycles. The molecule has 9 heteroatoms. The van der Waals surface area contributed by atoms with Crippen LogP contribution < -0.4 is 24.7 Å². The van der Waals surface area contributed by atoms with Gasteiger partial charge < -0.3 is 24.7 Å². The summed E-state index contributed by atoms with van der Waals surface area (Å²) >= 11 is 5.90. The summed E-state index contributed by atoms with van der Waals surface area (Å²) < 4.78 is 36.0. The normalized spacial score (nSPS) is 14.0. The summed E-state index contributed by atoms with van der Waals surface area (Å²) in [5.74, 6) is -0.0150. The number of benzene rings is 4. The van der Waals surface area contributed by atoms with E-state index < -0.39 is 11.9 Å². The van der Waals surface area contributed by atoms with E-state index in [1.165, 1.54) is 19.2 Å². The molecule has 0 bridgehead atoms. The predicted molar refractivity (Wildman–Crippen MR) is 146 cm³/mol. The Kier molecular flexibility index (Phi) is 7.58. The first-order valence-corrected chi connectivity index (χ1v) is 12.5. The Balaban J connectivity index is 1.42. The number of ether oxygens (including phenoxy) is 4. The highest BCUT2D eigenvalue weighted by Gasteiger charge is 2.32. The lowest BCUT2D eigenvalue weighted by Crippen LogP contribution is -2.21. The number of rotatable bonds is 7. The van der Waals surface area contributed by atoms with Crippen molar-refractivity contribution in [2.45, 2.75) is 12.5 Å². The molecule has 0 amide bonds. The lowest BCUT2D eigenvalue weighted by atomic mass is 9.83. The van der Waals surface area contributed by atoms with Crippen molar-refractivity contribution >= 4 is 17.6 Å². The number of nitriles is 1. The highest BCUT2D eigenvalue weighted by Crippen LogP contribution is 2.45. The van der Waals surface area contributed by atoms with E-state index in [1.807, 2.05) is 0 Å². The maximum Gasteiger partial charge on any atom is 0.343 e. The molecule has 1 aliphatic heterocycles. The number of halogens is 2. The Labute approximate surface area is 234 Å². The SMILES string of the molecule is COc1cc(C2C(C#N)=C(N)Oc3cc(OC(=O)c4ccc(Cl)cc4)ccc32)ccc1OCc1ccc(F)cc1. The van der Waals surface area contributed by atoms with E-state index in [-0.39, 0.29) is 29.6 Å². The largest absolute Gasteiger partial charge is 0.493 e. The first kappa shape index (κ1) is 26.6. The number of esters is 1. The second-order valence-corrected chi connectivity index (χ2v) is 9.28. The van der Waals surface area contributed by atoms with E-state index in [0.717, 1.165) is 5.56 Å². The van der Waals surface area contributed by atoms with E-state index in [2.05, 4.69) is 6.07 Å². The van der Waals surface area contributed by atoms with Crippen LogP contribution in [0.3, 0.4) is 0 Å². The topological polar surface area (TPSA) is 104 Å². The van der Waals surface area contributed by atoms with Gasteiger partial charge in [-0.2, -0.15) is 5.26 Å². The Hall–Kier alpha value is -5.00. The van der Waals surface area contributed by atoms with Gasteiger partial charge in [-0.25, -0.2) is 9.18 Å². The van der Waals surface area contributed by atoms with Gasteiger partial charge in [-0.1, -0.05) is 35.9 Å². The minimum Gasteiger partial charge on any atom is -0.493 e. The van der Waals surface area contributed by atoms with Gasteiger partial charge in [0.25, 0.3) is 0 Å². The molecule has 0 saturated carbocycles. The summed E-state index contributed by atoms with van der Waals surface area (Å²) in [6.45, 7) is 0.212. The highest BCUT2D eigenvalue weighted by atomic mass is 35.5. The zero-order chi connectivity index (χ0) is 28.2. The standard InChI is InChI=1S/C31H22ClFN2O5/c1-37-28-14-20(6-13-26(28)38-17-18-2-9-22(33)10-3-18)29-24-12-11-23(15-27(24)40-30(35)25(29)16-34)39-31(36)19-4-7-21(32)8-5-19/h2-15,29H,17,35H2,1H3. The number of hydrogen-bond donors (Lipinski definition) is 1. The minimum atomic E-state index is -0.574. The van der Waals surface area contributed by atoms with Crippen LogP contribution >= 0.6 is 11.6 Å². The molecular formula is C31H22ClFN2O5. The Morgan fingerprint density at radius 3 is 2.48 bits per heavy atom. The van der Waals surface area contributed by atoms with Gasteiger partial charge in [0.05, 0.1) is 18.6 Å². The van der Waals surface area contributed by atoms with Gasteiger partial charge in [-0.3, -0.25) is 0 Å². The molecule has 0 aromatic heterocycles. The fraction of sp³-hybridized carbons (Fsp3) is 0.0968. The molecule has 5 rings (SSSR count). The van der Waals surface area contributed by atoms with Crippen LogP contribution in [-0.4, -0.2) is 13.1 Å². The lowest BCUT2D eigenvalue weighted by Gasteiger charge is -2.27. The molecule has 0 aliphatic carbocycles. The van der Waals surface area contributed by atoms with Crippen molar-refractivity contribution in [3.8, 4) is 29.1 Å². The summed E-state index contributed by atoms with van der Waals surface area (Å²) in [5.41, 5.74) is 8.85. The van der Waals surface area contributed by atoms with Gasteiger partial charge >= 0.3 is 5.97 Å². The van der Waals surface area contributed by atoms with E-state index in [4.69, 9.17) is 36.3 Å². The quantitative estimate of drug-likeness (QED) is 0.204. The van der Waals surface area contributed by atoms with E-state index in [0.29, 0.717) is 39.0 Å². The van der Waals surface area contributed by atoms with Gasteiger partial charge in [0.15, 0.2) is 11.5 Å². The van der Waals surface area contributed by atoms with Crippen LogP contribution in [0.4, 0.5) is 4.39 Å². The van der Waals surface area contributed by atoms with Crippen LogP contribution in [0.5, 0.6) is 23.0 Å². The van der Waals surface area contributed by atoms with Gasteiger partial charge in [0, 0.05) is 16.7 Å². The minimum absolute atomic E-state index is 0.0585. The van der Waals surface area contributed by atoms with E-state index >= 15 is 0 Å². The van der Waals surface area contributed by atoms with Crippen LogP contribution in [-0.2, 0) is 6.61 Å². The average molecular weight is 557 g/mol. The van der Waals surface area contributed by atoms with Gasteiger partial charge in [-0.15, -0.1) is 0 Å². The maximum absolute atomic E-state index is 13.2. The highest BCUT2D eigenvalue weighted by molar-refractivity contribution is 6.30. The summed E-state index contributed by atoms with van der Waals surface area (Å²) in [7, 11) is 1.51. The molecule has 4 aromatic carbocycles. The molecular weight excluding hydrogens is 535 g/mol. The number of nitrogens with two attached hydrogens (primary N) is 1. The molecule has 0 saturated heterocycles. The molecule has 0 fully saturated rings. The van der Waals surface area contributed by atoms with Crippen LogP contribution in [0, 0.1) is 17.1 Å². The van der Waals surface area contributed by atoms with Crippen LogP contribution in [0.25, 0.3) is 0 Å². The van der Waals surface area contributed by atoms with E-state index in [1.54, 1.807) is 72.8 Å². The smallest absolute Gasteiger partial charge is 0.343 e. The third-order valence-electron chi connectivity index (χ3n) is 6.31. The summed E-state index contributed by atoms with van der Waals surface area (Å²) in [6.07, 6.45) is 0. The predicted octanol–water partition coefficient (Wildman–Crippen LogP) is 6.50. The number of allylic oxidation sites excluding steroid dienone is 1. The van der Waals surface area contributed by atoms with Crippen molar-refractivity contribution in [2.24, 2.45) is 5.73 Å². The molecule has 0 spiro atoms. The third kappa shape index (κ3) is 5.55. The number of fused-ring (bicyclic) bond motifs is 1. The first-order chi connectivity index (χ1) is 19.4. The number of hydrogen-bond acceptors (Lipinski definition) is 7. The molecule has 1 aliphatic rings.